The van der Waals surface area contributed by atoms with Gasteiger partial charge < -0.3 is 15.0 Å². The van der Waals surface area contributed by atoms with Crippen molar-refractivity contribution in [2.75, 3.05) is 13.1 Å². The number of hydrogen-bond acceptors (Lipinski definition) is 5. The van der Waals surface area contributed by atoms with Gasteiger partial charge in [-0.1, -0.05) is 6.92 Å². The first-order chi connectivity index (χ1) is 11.9. The summed E-state index contributed by atoms with van der Waals surface area (Å²) < 4.78 is 5.12. The number of nitrogens with one attached hydrogen (secondary N) is 1. The van der Waals surface area contributed by atoms with E-state index in [1.807, 2.05) is 6.92 Å². The molecule has 1 saturated heterocycles. The summed E-state index contributed by atoms with van der Waals surface area (Å²) in [6, 6.07) is -0.505. The molecule has 2 aliphatic rings. The topological polar surface area (TPSA) is 92.8 Å². The van der Waals surface area contributed by atoms with Gasteiger partial charge in [-0.15, -0.1) is 0 Å². The van der Waals surface area contributed by atoms with E-state index in [2.05, 4.69) is 5.32 Å². The molecule has 0 bridgehead atoms. The van der Waals surface area contributed by atoms with Crippen LogP contribution in [0.2, 0.25) is 0 Å². The smallest absolute Gasteiger partial charge is 0.408 e. The minimum absolute atomic E-state index is 0.0485. The summed E-state index contributed by atoms with van der Waals surface area (Å²) in [4.78, 5) is 50.3. The number of rotatable bonds is 6. The van der Waals surface area contributed by atoms with Crippen LogP contribution in [-0.2, 0) is 19.1 Å². The van der Waals surface area contributed by atoms with Crippen molar-refractivity contribution in [3.63, 3.8) is 0 Å². The third-order valence-electron chi connectivity index (χ3n) is 5.10. The van der Waals surface area contributed by atoms with Crippen LogP contribution < -0.4 is 5.32 Å². The molecule has 7 heteroatoms. The van der Waals surface area contributed by atoms with Crippen LogP contribution in [0.4, 0.5) is 4.79 Å². The summed E-state index contributed by atoms with van der Waals surface area (Å²) in [6.45, 7) is 9.04. The van der Waals surface area contributed by atoms with Gasteiger partial charge in [-0.25, -0.2) is 4.79 Å². The normalized spacial score (nSPS) is 24.1. The fourth-order valence-electron chi connectivity index (χ4n) is 3.45. The number of carbonyl (C=O) groups is 4. The van der Waals surface area contributed by atoms with E-state index < -0.39 is 23.2 Å². The van der Waals surface area contributed by atoms with Gasteiger partial charge in [0, 0.05) is 18.4 Å². The first kappa shape index (κ1) is 20.4. The quantitative estimate of drug-likeness (QED) is 0.777. The van der Waals surface area contributed by atoms with Crippen LogP contribution in [0.3, 0.4) is 0 Å². The zero-order chi connectivity index (χ0) is 19.7. The van der Waals surface area contributed by atoms with Crippen molar-refractivity contribution in [3.8, 4) is 0 Å². The Morgan fingerprint density at radius 3 is 2.31 bits per heavy atom. The lowest BCUT2D eigenvalue weighted by Gasteiger charge is -2.25. The average molecular weight is 366 g/mol. The Bertz CT molecular complexity index is 604. The van der Waals surface area contributed by atoms with Gasteiger partial charge in [-0.05, 0) is 52.9 Å². The van der Waals surface area contributed by atoms with E-state index in [4.69, 9.17) is 4.74 Å². The van der Waals surface area contributed by atoms with Gasteiger partial charge in [0.15, 0.2) is 5.78 Å². The Labute approximate surface area is 154 Å². The Morgan fingerprint density at radius 2 is 1.81 bits per heavy atom. The summed E-state index contributed by atoms with van der Waals surface area (Å²) in [7, 11) is 0. The standard InChI is InChI=1S/C19H30N2O5/c1-12-8-14(15(23)9-19(6-7-19)13(2)22)21(11-12)16(24)10-20-17(25)26-18(3,4)5/h12,14H,6-11H2,1-5H3,(H,20,25)/t12?,14-/m0/s1. The van der Waals surface area contributed by atoms with E-state index in [0.717, 1.165) is 12.8 Å². The Hall–Kier alpha value is -1.92. The molecule has 2 amide bonds. The lowest BCUT2D eigenvalue weighted by Crippen LogP contribution is -2.46. The predicted octanol–water partition coefficient (Wildman–Crippen LogP) is 2.08. The second-order valence-corrected chi connectivity index (χ2v) is 8.74. The molecule has 0 radical (unpaired) electrons. The van der Waals surface area contributed by atoms with Gasteiger partial charge in [-0.3, -0.25) is 14.4 Å². The fourth-order valence-corrected chi connectivity index (χ4v) is 3.45. The third-order valence-corrected chi connectivity index (χ3v) is 5.10. The molecule has 26 heavy (non-hydrogen) atoms. The summed E-state index contributed by atoms with van der Waals surface area (Å²) in [5.41, 5.74) is -1.13. The maximum Gasteiger partial charge on any atom is 0.408 e. The molecule has 2 fully saturated rings. The number of ketones is 2. The lowest BCUT2D eigenvalue weighted by atomic mass is 9.91. The number of ether oxygens (including phenoxy) is 1. The second-order valence-electron chi connectivity index (χ2n) is 8.74. The number of likely N-dealkylation sites (tertiary alicyclic amines) is 1. The molecule has 1 aliphatic carbocycles. The van der Waals surface area contributed by atoms with E-state index in [-0.39, 0.29) is 36.4 Å². The minimum atomic E-state index is -0.658. The molecule has 0 aromatic heterocycles. The molecule has 0 aromatic rings. The highest BCUT2D eigenvalue weighted by molar-refractivity contribution is 5.96. The molecule has 0 spiro atoms. The highest BCUT2D eigenvalue weighted by Crippen LogP contribution is 2.50. The monoisotopic (exact) mass is 366 g/mol. The number of hydrogen-bond donors (Lipinski definition) is 1. The van der Waals surface area contributed by atoms with Crippen LogP contribution in [-0.4, -0.2) is 53.2 Å². The maximum atomic E-state index is 12.7. The Morgan fingerprint density at radius 1 is 1.19 bits per heavy atom. The zero-order valence-electron chi connectivity index (χ0n) is 16.4. The van der Waals surface area contributed by atoms with Crippen molar-refractivity contribution in [2.45, 2.75) is 71.9 Å². The SMILES string of the molecule is CC(=O)C1(CC(=O)[C@@H]2CC(C)CN2C(=O)CNC(=O)OC(C)(C)C)CC1. The highest BCUT2D eigenvalue weighted by atomic mass is 16.6. The molecule has 1 heterocycles. The number of nitrogens with zero attached hydrogens (tertiary/aromatic N) is 1. The first-order valence-electron chi connectivity index (χ1n) is 9.23. The van der Waals surface area contributed by atoms with Crippen molar-refractivity contribution in [1.29, 1.82) is 0 Å². The number of carbonyl (C=O) groups excluding carboxylic acids is 4. The molecule has 1 saturated carbocycles. The van der Waals surface area contributed by atoms with Gasteiger partial charge in [0.2, 0.25) is 5.91 Å². The molecule has 1 unspecified atom stereocenters. The van der Waals surface area contributed by atoms with Crippen LogP contribution in [0.1, 0.15) is 60.3 Å². The van der Waals surface area contributed by atoms with E-state index in [1.54, 1.807) is 25.7 Å². The summed E-state index contributed by atoms with van der Waals surface area (Å²) in [6.07, 6.45) is 1.66. The van der Waals surface area contributed by atoms with Gasteiger partial charge in [0.05, 0.1) is 6.04 Å². The predicted molar refractivity (Wildman–Crippen MR) is 95.5 cm³/mol. The van der Waals surface area contributed by atoms with Crippen LogP contribution in [0.25, 0.3) is 0 Å². The Kier molecular flexibility index (Phi) is 5.78. The summed E-state index contributed by atoms with van der Waals surface area (Å²) in [5.74, 6) is -0.0813. The summed E-state index contributed by atoms with van der Waals surface area (Å²) >= 11 is 0. The van der Waals surface area contributed by atoms with Crippen LogP contribution in [0.5, 0.6) is 0 Å². The number of amides is 2. The van der Waals surface area contributed by atoms with Gasteiger partial charge in [0.25, 0.3) is 0 Å². The van der Waals surface area contributed by atoms with Crippen molar-refractivity contribution in [1.82, 2.24) is 10.2 Å². The van der Waals surface area contributed by atoms with Crippen LogP contribution in [0, 0.1) is 11.3 Å². The molecule has 146 valence electrons. The van der Waals surface area contributed by atoms with Crippen molar-refractivity contribution >= 4 is 23.6 Å². The summed E-state index contributed by atoms with van der Waals surface area (Å²) in [5, 5.41) is 2.45. The van der Waals surface area contributed by atoms with E-state index >= 15 is 0 Å². The molecule has 0 aromatic carbocycles. The van der Waals surface area contributed by atoms with Crippen LogP contribution >= 0.6 is 0 Å². The fraction of sp³-hybridized carbons (Fsp3) is 0.789. The number of Topliss-reactive ketones (excluding diaryl/α,β-unsaturated/α-hetero) is 2. The number of alkyl carbamates (subject to hydrolysis) is 1. The molecule has 1 N–H and O–H groups in total. The third kappa shape index (κ3) is 5.05. The van der Waals surface area contributed by atoms with Crippen LogP contribution in [0.15, 0.2) is 0 Å². The van der Waals surface area contributed by atoms with Crippen molar-refractivity contribution in [3.05, 3.63) is 0 Å². The van der Waals surface area contributed by atoms with E-state index in [1.165, 1.54) is 6.92 Å². The zero-order valence-corrected chi connectivity index (χ0v) is 16.4. The molecule has 2 atom stereocenters. The van der Waals surface area contributed by atoms with Crippen molar-refractivity contribution < 1.29 is 23.9 Å². The van der Waals surface area contributed by atoms with Gasteiger partial charge in [0.1, 0.15) is 17.9 Å². The minimum Gasteiger partial charge on any atom is -0.444 e. The van der Waals surface area contributed by atoms with Gasteiger partial charge in [-0.2, -0.15) is 0 Å². The lowest BCUT2D eigenvalue weighted by molar-refractivity contribution is -0.138. The van der Waals surface area contributed by atoms with E-state index in [0.29, 0.717) is 13.0 Å². The second kappa shape index (κ2) is 7.37. The molecule has 7 nitrogen and oxygen atoms in total. The highest BCUT2D eigenvalue weighted by Gasteiger charge is 2.50. The molecular weight excluding hydrogens is 336 g/mol. The van der Waals surface area contributed by atoms with E-state index in [9.17, 15) is 19.2 Å². The molecule has 2 rings (SSSR count). The molecule has 1 aliphatic heterocycles. The maximum absolute atomic E-state index is 12.7. The molecular formula is C19H30N2O5. The first-order valence-corrected chi connectivity index (χ1v) is 9.23. The average Bonchev–Trinajstić information content (AvgIpc) is 3.17. The van der Waals surface area contributed by atoms with Crippen molar-refractivity contribution in [2.24, 2.45) is 11.3 Å². The largest absolute Gasteiger partial charge is 0.444 e. The van der Waals surface area contributed by atoms with Gasteiger partial charge >= 0.3 is 6.09 Å². The Balaban J connectivity index is 1.93.